The van der Waals surface area contributed by atoms with Crippen molar-refractivity contribution in [3.8, 4) is 0 Å². The van der Waals surface area contributed by atoms with Crippen LogP contribution >= 0.6 is 22.7 Å². The van der Waals surface area contributed by atoms with Crippen molar-refractivity contribution >= 4 is 22.7 Å². The Kier molecular flexibility index (Phi) is 5.47. The molecule has 2 N–H and O–H groups in total. The van der Waals surface area contributed by atoms with Crippen LogP contribution in [0.4, 0.5) is 0 Å². The first kappa shape index (κ1) is 15.2. The Hall–Kier alpha value is -0.680. The molecule has 1 aliphatic rings. The summed E-state index contributed by atoms with van der Waals surface area (Å²) in [5, 5.41) is 18.1. The summed E-state index contributed by atoms with van der Waals surface area (Å²) in [7, 11) is 0. The highest BCUT2D eigenvalue weighted by Gasteiger charge is 2.24. The fraction of sp³-hybridized carbons (Fsp3) is 0.529. The Morgan fingerprint density at radius 2 is 1.95 bits per heavy atom. The lowest BCUT2D eigenvalue weighted by atomic mass is 9.86. The molecule has 0 saturated heterocycles. The summed E-state index contributed by atoms with van der Waals surface area (Å²) >= 11 is 3.65. The van der Waals surface area contributed by atoms with Crippen LogP contribution in [0, 0.1) is 5.92 Å². The molecule has 0 amide bonds. The molecule has 3 rings (SSSR count). The molecule has 3 unspecified atom stereocenters. The quantitative estimate of drug-likeness (QED) is 0.834. The zero-order chi connectivity index (χ0) is 14.5. The Balaban J connectivity index is 1.62. The fourth-order valence-corrected chi connectivity index (χ4v) is 4.67. The summed E-state index contributed by atoms with van der Waals surface area (Å²) in [5.74, 6) is 0.421. The van der Waals surface area contributed by atoms with Crippen molar-refractivity contribution in [1.29, 1.82) is 0 Å². The van der Waals surface area contributed by atoms with Crippen LogP contribution in [0.5, 0.6) is 0 Å². The van der Waals surface area contributed by atoms with Crippen LogP contribution < -0.4 is 5.32 Å². The molecule has 3 atom stereocenters. The number of nitrogens with one attached hydrogen (secondary N) is 1. The van der Waals surface area contributed by atoms with Gasteiger partial charge in [0, 0.05) is 28.8 Å². The average molecular weight is 322 g/mol. The first-order chi connectivity index (χ1) is 10.3. The summed E-state index contributed by atoms with van der Waals surface area (Å²) in [6.07, 6.45) is 5.50. The average Bonchev–Trinajstić information content (AvgIpc) is 3.18. The van der Waals surface area contributed by atoms with Gasteiger partial charge in [0.15, 0.2) is 0 Å². The molecule has 2 heterocycles. The molecule has 1 fully saturated rings. The first-order valence-electron chi connectivity index (χ1n) is 7.80. The van der Waals surface area contributed by atoms with Gasteiger partial charge in [-0.3, -0.25) is 0 Å². The van der Waals surface area contributed by atoms with E-state index in [0.29, 0.717) is 12.0 Å². The van der Waals surface area contributed by atoms with Crippen molar-refractivity contribution in [3.05, 3.63) is 44.8 Å². The first-order valence-corrected chi connectivity index (χ1v) is 9.56. The highest BCUT2D eigenvalue weighted by atomic mass is 32.1. The van der Waals surface area contributed by atoms with Gasteiger partial charge < -0.3 is 10.4 Å². The molecule has 0 radical (unpaired) electrons. The van der Waals surface area contributed by atoms with Gasteiger partial charge in [0.25, 0.3) is 0 Å². The van der Waals surface area contributed by atoms with Crippen LogP contribution in [0.2, 0.25) is 0 Å². The molecule has 1 saturated carbocycles. The fourth-order valence-electron chi connectivity index (χ4n) is 3.11. The van der Waals surface area contributed by atoms with Crippen LogP contribution in [-0.2, 0) is 6.42 Å². The Morgan fingerprint density at radius 3 is 2.67 bits per heavy atom. The third kappa shape index (κ3) is 4.16. The Bertz CT molecular complexity index is 509. The summed E-state index contributed by atoms with van der Waals surface area (Å²) in [6, 6.07) is 9.04. The largest absolute Gasteiger partial charge is 0.393 e. The lowest BCUT2D eigenvalue weighted by Crippen LogP contribution is -2.36. The number of aliphatic hydroxyl groups is 1. The number of aliphatic hydroxyl groups excluding tert-OH is 1. The molecule has 2 aromatic heterocycles. The van der Waals surface area contributed by atoms with Crippen LogP contribution in [0.1, 0.15) is 41.5 Å². The van der Waals surface area contributed by atoms with E-state index in [1.54, 1.807) is 0 Å². The SMILES string of the molecule is OC1CCCCC1CNC(Cc1cccs1)c1cccs1. The van der Waals surface area contributed by atoms with Crippen molar-refractivity contribution < 1.29 is 5.11 Å². The van der Waals surface area contributed by atoms with Crippen LogP contribution in [-0.4, -0.2) is 17.8 Å². The third-order valence-electron chi connectivity index (χ3n) is 4.37. The lowest BCUT2D eigenvalue weighted by molar-refractivity contribution is 0.0681. The maximum atomic E-state index is 10.1. The van der Waals surface area contributed by atoms with E-state index >= 15 is 0 Å². The van der Waals surface area contributed by atoms with Crippen molar-refractivity contribution in [2.24, 2.45) is 5.92 Å². The van der Waals surface area contributed by atoms with Gasteiger partial charge in [0.1, 0.15) is 0 Å². The molecule has 2 aromatic rings. The summed E-state index contributed by atoms with van der Waals surface area (Å²) in [6.45, 7) is 0.926. The van der Waals surface area contributed by atoms with E-state index in [1.165, 1.54) is 22.6 Å². The van der Waals surface area contributed by atoms with Gasteiger partial charge in [-0.05, 0) is 41.7 Å². The van der Waals surface area contributed by atoms with Gasteiger partial charge in [-0.2, -0.15) is 0 Å². The maximum absolute atomic E-state index is 10.1. The van der Waals surface area contributed by atoms with Crippen LogP contribution in [0.25, 0.3) is 0 Å². The van der Waals surface area contributed by atoms with E-state index in [0.717, 1.165) is 25.8 Å². The molecule has 0 bridgehead atoms. The van der Waals surface area contributed by atoms with E-state index in [9.17, 15) is 5.11 Å². The van der Waals surface area contributed by atoms with E-state index in [1.807, 2.05) is 22.7 Å². The van der Waals surface area contributed by atoms with Crippen molar-refractivity contribution in [2.45, 2.75) is 44.2 Å². The minimum absolute atomic E-state index is 0.114. The number of hydrogen-bond acceptors (Lipinski definition) is 4. The number of hydrogen-bond donors (Lipinski definition) is 2. The zero-order valence-electron chi connectivity index (χ0n) is 12.2. The molecular weight excluding hydrogens is 298 g/mol. The summed E-state index contributed by atoms with van der Waals surface area (Å²) < 4.78 is 0. The van der Waals surface area contributed by atoms with Crippen molar-refractivity contribution in [2.75, 3.05) is 6.54 Å². The molecule has 21 heavy (non-hydrogen) atoms. The highest BCUT2D eigenvalue weighted by molar-refractivity contribution is 7.10. The smallest absolute Gasteiger partial charge is 0.0580 e. The second-order valence-corrected chi connectivity index (χ2v) is 7.88. The second-order valence-electron chi connectivity index (χ2n) is 5.87. The molecule has 4 heteroatoms. The monoisotopic (exact) mass is 321 g/mol. The second kappa shape index (κ2) is 7.54. The summed E-state index contributed by atoms with van der Waals surface area (Å²) in [4.78, 5) is 2.82. The standard InChI is InChI=1S/C17H23NOS2/c19-16-7-2-1-5-13(16)12-18-15(17-8-4-10-21-17)11-14-6-3-9-20-14/h3-4,6,8-10,13,15-16,18-19H,1-2,5,7,11-12H2. The van der Waals surface area contributed by atoms with Crippen LogP contribution in [0.3, 0.4) is 0 Å². The van der Waals surface area contributed by atoms with Gasteiger partial charge in [-0.15, -0.1) is 22.7 Å². The molecule has 0 spiro atoms. The van der Waals surface area contributed by atoms with Crippen LogP contribution in [0.15, 0.2) is 35.0 Å². The van der Waals surface area contributed by atoms with Gasteiger partial charge in [-0.25, -0.2) is 0 Å². The Labute approximate surface area is 134 Å². The Morgan fingerprint density at radius 1 is 1.14 bits per heavy atom. The van der Waals surface area contributed by atoms with E-state index < -0.39 is 0 Å². The predicted molar refractivity (Wildman–Crippen MR) is 91.1 cm³/mol. The van der Waals surface area contributed by atoms with E-state index in [2.05, 4.69) is 40.3 Å². The van der Waals surface area contributed by atoms with Gasteiger partial charge in [-0.1, -0.05) is 25.0 Å². The molecule has 0 aromatic carbocycles. The van der Waals surface area contributed by atoms with Gasteiger partial charge >= 0.3 is 0 Å². The predicted octanol–water partition coefficient (Wildman–Crippen LogP) is 4.23. The van der Waals surface area contributed by atoms with Crippen molar-refractivity contribution in [1.82, 2.24) is 5.32 Å². The minimum atomic E-state index is -0.114. The lowest BCUT2D eigenvalue weighted by Gasteiger charge is -2.29. The van der Waals surface area contributed by atoms with E-state index in [-0.39, 0.29) is 6.10 Å². The highest BCUT2D eigenvalue weighted by Crippen LogP contribution is 2.28. The zero-order valence-corrected chi connectivity index (χ0v) is 13.8. The molecular formula is C17H23NOS2. The minimum Gasteiger partial charge on any atom is -0.393 e. The maximum Gasteiger partial charge on any atom is 0.0580 e. The number of rotatable bonds is 6. The molecule has 2 nitrogen and oxygen atoms in total. The van der Waals surface area contributed by atoms with E-state index in [4.69, 9.17) is 0 Å². The third-order valence-corrected chi connectivity index (χ3v) is 6.25. The molecule has 0 aliphatic heterocycles. The normalized spacial score (nSPS) is 24.0. The molecule has 114 valence electrons. The number of thiophene rings is 2. The van der Waals surface area contributed by atoms with Gasteiger partial charge in [0.05, 0.1) is 6.10 Å². The topological polar surface area (TPSA) is 32.3 Å². The van der Waals surface area contributed by atoms with Crippen molar-refractivity contribution in [3.63, 3.8) is 0 Å². The molecule has 1 aliphatic carbocycles. The van der Waals surface area contributed by atoms with Gasteiger partial charge in [0.2, 0.25) is 0 Å². The summed E-state index contributed by atoms with van der Waals surface area (Å²) in [5.41, 5.74) is 0.